The lowest BCUT2D eigenvalue weighted by Gasteiger charge is -2.17. The van der Waals surface area contributed by atoms with Gasteiger partial charge in [0.2, 0.25) is 5.88 Å². The highest BCUT2D eigenvalue weighted by Gasteiger charge is 2.14. The van der Waals surface area contributed by atoms with E-state index in [0.717, 1.165) is 17.0 Å². The van der Waals surface area contributed by atoms with Crippen molar-refractivity contribution in [1.82, 2.24) is 14.9 Å². The molecule has 0 atom stereocenters. The monoisotopic (exact) mass is 285 g/mol. The predicted molar refractivity (Wildman–Crippen MR) is 80.3 cm³/mol. The SMILES string of the molecule is COc1cc(C(=O)N(C)Cc2cc(C)cc(C)n2)ccn1. The maximum absolute atomic E-state index is 12.4. The molecule has 0 bridgehead atoms. The number of aromatic nitrogens is 2. The first kappa shape index (κ1) is 15.0. The Bertz CT molecular complexity index is 635. The summed E-state index contributed by atoms with van der Waals surface area (Å²) in [6.07, 6.45) is 1.56. The van der Waals surface area contributed by atoms with E-state index in [1.165, 1.54) is 7.11 Å². The second-order valence-electron chi connectivity index (χ2n) is 5.03. The molecule has 0 fully saturated rings. The molecule has 2 aromatic heterocycles. The van der Waals surface area contributed by atoms with E-state index in [-0.39, 0.29) is 5.91 Å². The number of ether oxygens (including phenoxy) is 1. The molecule has 0 aliphatic rings. The van der Waals surface area contributed by atoms with Crippen LogP contribution in [0.4, 0.5) is 0 Å². The Balaban J connectivity index is 2.15. The van der Waals surface area contributed by atoms with Gasteiger partial charge in [0.25, 0.3) is 5.91 Å². The van der Waals surface area contributed by atoms with Crippen molar-refractivity contribution in [2.45, 2.75) is 20.4 Å². The average Bonchev–Trinajstić information content (AvgIpc) is 2.45. The smallest absolute Gasteiger partial charge is 0.254 e. The first-order chi connectivity index (χ1) is 9.99. The molecule has 2 heterocycles. The number of rotatable bonds is 4. The molecule has 0 aliphatic heterocycles. The van der Waals surface area contributed by atoms with Crippen molar-refractivity contribution in [1.29, 1.82) is 0 Å². The minimum atomic E-state index is -0.0864. The minimum Gasteiger partial charge on any atom is -0.481 e. The van der Waals surface area contributed by atoms with Crippen molar-refractivity contribution in [3.63, 3.8) is 0 Å². The van der Waals surface area contributed by atoms with Crippen molar-refractivity contribution in [3.05, 3.63) is 53.0 Å². The number of aryl methyl sites for hydroxylation is 2. The molecule has 0 aromatic carbocycles. The van der Waals surface area contributed by atoms with Crippen LogP contribution in [-0.4, -0.2) is 34.9 Å². The highest BCUT2D eigenvalue weighted by atomic mass is 16.5. The van der Waals surface area contributed by atoms with Crippen molar-refractivity contribution in [3.8, 4) is 5.88 Å². The quantitative estimate of drug-likeness (QED) is 0.865. The Morgan fingerprint density at radius 1 is 1.29 bits per heavy atom. The Morgan fingerprint density at radius 2 is 2.05 bits per heavy atom. The first-order valence-electron chi connectivity index (χ1n) is 6.69. The topological polar surface area (TPSA) is 55.3 Å². The fourth-order valence-corrected chi connectivity index (χ4v) is 2.20. The van der Waals surface area contributed by atoms with Crippen LogP contribution in [0.25, 0.3) is 0 Å². The Hall–Kier alpha value is -2.43. The summed E-state index contributed by atoms with van der Waals surface area (Å²) in [6, 6.07) is 7.31. The molecule has 0 unspecified atom stereocenters. The fraction of sp³-hybridized carbons (Fsp3) is 0.312. The summed E-state index contributed by atoms with van der Waals surface area (Å²) in [7, 11) is 3.29. The van der Waals surface area contributed by atoms with Crippen LogP contribution in [0.15, 0.2) is 30.5 Å². The van der Waals surface area contributed by atoms with E-state index in [4.69, 9.17) is 4.74 Å². The predicted octanol–water partition coefficient (Wildman–Crippen LogP) is 2.37. The van der Waals surface area contributed by atoms with E-state index in [2.05, 4.69) is 9.97 Å². The van der Waals surface area contributed by atoms with Crippen LogP contribution in [0, 0.1) is 13.8 Å². The van der Waals surface area contributed by atoms with Gasteiger partial charge in [-0.15, -0.1) is 0 Å². The number of pyridine rings is 2. The first-order valence-corrected chi connectivity index (χ1v) is 6.69. The number of carbonyl (C=O) groups excluding carboxylic acids is 1. The zero-order valence-electron chi connectivity index (χ0n) is 12.8. The van der Waals surface area contributed by atoms with Gasteiger partial charge in [0.15, 0.2) is 0 Å². The van der Waals surface area contributed by atoms with Gasteiger partial charge in [0, 0.05) is 30.6 Å². The van der Waals surface area contributed by atoms with Gasteiger partial charge in [-0.25, -0.2) is 4.98 Å². The number of carbonyl (C=O) groups is 1. The van der Waals surface area contributed by atoms with Crippen LogP contribution in [-0.2, 0) is 6.54 Å². The molecule has 0 aliphatic carbocycles. The summed E-state index contributed by atoms with van der Waals surface area (Å²) in [4.78, 5) is 22.5. The molecule has 0 spiro atoms. The second-order valence-corrected chi connectivity index (χ2v) is 5.03. The zero-order valence-corrected chi connectivity index (χ0v) is 12.8. The maximum Gasteiger partial charge on any atom is 0.254 e. The second kappa shape index (κ2) is 6.35. The summed E-state index contributed by atoms with van der Waals surface area (Å²) in [5.41, 5.74) is 3.53. The van der Waals surface area contributed by atoms with Crippen molar-refractivity contribution >= 4 is 5.91 Å². The van der Waals surface area contributed by atoms with E-state index in [1.54, 1.807) is 30.3 Å². The summed E-state index contributed by atoms with van der Waals surface area (Å²) in [5, 5.41) is 0. The van der Waals surface area contributed by atoms with Crippen molar-refractivity contribution < 1.29 is 9.53 Å². The zero-order chi connectivity index (χ0) is 15.4. The molecule has 5 nitrogen and oxygen atoms in total. The van der Waals surface area contributed by atoms with Gasteiger partial charge < -0.3 is 9.64 Å². The third kappa shape index (κ3) is 3.78. The van der Waals surface area contributed by atoms with Gasteiger partial charge in [-0.05, 0) is 37.6 Å². The molecule has 0 radical (unpaired) electrons. The summed E-state index contributed by atoms with van der Waals surface area (Å²) >= 11 is 0. The molecular formula is C16H19N3O2. The van der Waals surface area contributed by atoms with E-state index in [0.29, 0.717) is 18.0 Å². The summed E-state index contributed by atoms with van der Waals surface area (Å²) in [6.45, 7) is 4.44. The molecule has 2 rings (SSSR count). The van der Waals surface area contributed by atoms with Crippen molar-refractivity contribution in [2.75, 3.05) is 14.2 Å². The van der Waals surface area contributed by atoms with E-state index >= 15 is 0 Å². The van der Waals surface area contributed by atoms with E-state index < -0.39 is 0 Å². The van der Waals surface area contributed by atoms with Gasteiger partial charge in [0.1, 0.15) is 0 Å². The van der Waals surface area contributed by atoms with Gasteiger partial charge >= 0.3 is 0 Å². The standard InChI is InChI=1S/C16H19N3O2/c1-11-7-12(2)18-14(8-11)10-19(3)16(20)13-5-6-17-15(9-13)21-4/h5-9H,10H2,1-4H3. The average molecular weight is 285 g/mol. The minimum absolute atomic E-state index is 0.0864. The van der Waals surface area contributed by atoms with Gasteiger partial charge in [0.05, 0.1) is 19.3 Å². The largest absolute Gasteiger partial charge is 0.481 e. The number of hydrogen-bond acceptors (Lipinski definition) is 4. The Kier molecular flexibility index (Phi) is 4.52. The molecule has 0 saturated heterocycles. The van der Waals surface area contributed by atoms with Crippen LogP contribution in [0.1, 0.15) is 27.3 Å². The van der Waals surface area contributed by atoms with Crippen molar-refractivity contribution in [2.24, 2.45) is 0 Å². The molecule has 1 amide bonds. The number of amides is 1. The van der Waals surface area contributed by atoms with Crippen LogP contribution < -0.4 is 4.74 Å². The van der Waals surface area contributed by atoms with Crippen LogP contribution in [0.5, 0.6) is 5.88 Å². The lowest BCUT2D eigenvalue weighted by atomic mass is 10.2. The van der Waals surface area contributed by atoms with E-state index in [1.807, 2.05) is 26.0 Å². The molecule has 5 heteroatoms. The van der Waals surface area contributed by atoms with Crippen LogP contribution in [0.3, 0.4) is 0 Å². The number of hydrogen-bond donors (Lipinski definition) is 0. The maximum atomic E-state index is 12.4. The normalized spacial score (nSPS) is 10.3. The highest BCUT2D eigenvalue weighted by molar-refractivity contribution is 5.94. The van der Waals surface area contributed by atoms with Gasteiger partial charge in [-0.3, -0.25) is 9.78 Å². The fourth-order valence-electron chi connectivity index (χ4n) is 2.20. The van der Waals surface area contributed by atoms with Crippen LogP contribution in [0.2, 0.25) is 0 Å². The Labute approximate surface area is 124 Å². The molecular weight excluding hydrogens is 266 g/mol. The number of nitrogens with zero attached hydrogens (tertiary/aromatic N) is 3. The lowest BCUT2D eigenvalue weighted by Crippen LogP contribution is -2.26. The summed E-state index contributed by atoms with van der Waals surface area (Å²) < 4.78 is 5.04. The Morgan fingerprint density at radius 3 is 2.71 bits per heavy atom. The third-order valence-corrected chi connectivity index (χ3v) is 3.09. The van der Waals surface area contributed by atoms with E-state index in [9.17, 15) is 4.79 Å². The van der Waals surface area contributed by atoms with Gasteiger partial charge in [-0.1, -0.05) is 0 Å². The number of methoxy groups -OCH3 is 1. The highest BCUT2D eigenvalue weighted by Crippen LogP contribution is 2.13. The van der Waals surface area contributed by atoms with Crippen LogP contribution >= 0.6 is 0 Å². The molecule has 21 heavy (non-hydrogen) atoms. The molecule has 0 N–H and O–H groups in total. The molecule has 0 saturated carbocycles. The summed E-state index contributed by atoms with van der Waals surface area (Å²) in [5.74, 6) is 0.343. The molecule has 2 aromatic rings. The van der Waals surface area contributed by atoms with Gasteiger partial charge in [-0.2, -0.15) is 0 Å². The lowest BCUT2D eigenvalue weighted by molar-refractivity contribution is 0.0782. The molecule has 110 valence electrons. The third-order valence-electron chi connectivity index (χ3n) is 3.09.